The summed E-state index contributed by atoms with van der Waals surface area (Å²) in [7, 11) is -3.32. The number of piperidine rings is 1. The van der Waals surface area contributed by atoms with Crippen LogP contribution in [0.2, 0.25) is 0 Å². The number of hydrogen-bond acceptors (Lipinski definition) is 8. The van der Waals surface area contributed by atoms with Gasteiger partial charge in [0.1, 0.15) is 11.4 Å². The summed E-state index contributed by atoms with van der Waals surface area (Å²) in [6.45, 7) is 0.372. The summed E-state index contributed by atoms with van der Waals surface area (Å²) in [5, 5.41) is 12.7. The zero-order valence-corrected chi connectivity index (χ0v) is 25.3. The zero-order valence-electron chi connectivity index (χ0n) is 24.5. The highest BCUT2D eigenvalue weighted by Gasteiger charge is 2.51. The van der Waals surface area contributed by atoms with Gasteiger partial charge in [0.25, 0.3) is 5.91 Å². The van der Waals surface area contributed by atoms with Crippen LogP contribution in [0, 0.1) is 17.2 Å². The molecule has 3 saturated heterocycles. The third-order valence-corrected chi connectivity index (χ3v) is 10.3. The van der Waals surface area contributed by atoms with Crippen LogP contribution in [0.25, 0.3) is 0 Å². The molecule has 0 saturated carbocycles. The first-order valence-electron chi connectivity index (χ1n) is 14.8. The number of pyridine rings is 2. The van der Waals surface area contributed by atoms with E-state index in [0.29, 0.717) is 49.2 Å². The van der Waals surface area contributed by atoms with E-state index in [9.17, 15) is 23.3 Å². The molecule has 2 unspecified atom stereocenters. The Kier molecular flexibility index (Phi) is 8.05. The fourth-order valence-corrected chi connectivity index (χ4v) is 8.61. The lowest BCUT2D eigenvalue weighted by atomic mass is 9.84. The van der Waals surface area contributed by atoms with Gasteiger partial charge in [0.05, 0.1) is 17.9 Å². The summed E-state index contributed by atoms with van der Waals surface area (Å²) < 4.78 is 26.7. The molecule has 1 aromatic carbocycles. The minimum absolute atomic E-state index is 0.0716. The van der Waals surface area contributed by atoms with Crippen molar-refractivity contribution in [2.45, 2.75) is 56.1 Å². The van der Waals surface area contributed by atoms with Gasteiger partial charge in [-0.3, -0.25) is 24.5 Å². The van der Waals surface area contributed by atoms with Gasteiger partial charge in [-0.05, 0) is 91.3 Å². The van der Waals surface area contributed by atoms with Crippen LogP contribution < -0.4 is 5.32 Å². The number of benzene rings is 1. The largest absolute Gasteiger partial charge is 0.357 e. The number of nitrogens with one attached hydrogen (secondary N) is 1. The number of aromatic nitrogens is 2. The number of nitrogens with zero attached hydrogens (tertiary/aromatic N) is 5. The molecule has 3 aliphatic rings. The molecule has 2 aromatic heterocycles. The van der Waals surface area contributed by atoms with Crippen LogP contribution in [0.3, 0.4) is 0 Å². The fourth-order valence-electron chi connectivity index (χ4n) is 7.14. The predicted octanol–water partition coefficient (Wildman–Crippen LogP) is 3.23. The van der Waals surface area contributed by atoms with E-state index in [4.69, 9.17) is 0 Å². The quantitative estimate of drug-likeness (QED) is 0.288. The first-order valence-corrected chi connectivity index (χ1v) is 16.6. The van der Waals surface area contributed by atoms with E-state index in [1.807, 2.05) is 24.3 Å². The molecule has 1 amide bonds. The van der Waals surface area contributed by atoms with E-state index in [1.165, 1.54) is 12.3 Å². The zero-order chi connectivity index (χ0) is 30.9. The van der Waals surface area contributed by atoms with Crippen molar-refractivity contribution in [1.82, 2.24) is 24.5 Å². The second-order valence-electron chi connectivity index (χ2n) is 12.1. The van der Waals surface area contributed by atoms with Gasteiger partial charge in [0.2, 0.25) is 10.0 Å². The summed E-state index contributed by atoms with van der Waals surface area (Å²) in [5.74, 6) is 0.0703. The van der Waals surface area contributed by atoms with E-state index in [2.05, 4.69) is 21.4 Å². The van der Waals surface area contributed by atoms with Crippen molar-refractivity contribution in [3.05, 3.63) is 107 Å². The lowest BCUT2D eigenvalue weighted by Gasteiger charge is -2.38. The topological polar surface area (TPSA) is 136 Å². The predicted molar refractivity (Wildman–Crippen MR) is 163 cm³/mol. The van der Waals surface area contributed by atoms with E-state index < -0.39 is 15.6 Å². The van der Waals surface area contributed by atoms with Crippen LogP contribution in [-0.4, -0.2) is 69.7 Å². The summed E-state index contributed by atoms with van der Waals surface area (Å²) in [5.41, 5.74) is 1.63. The molecule has 2 bridgehead atoms. The molecule has 0 radical (unpaired) electrons. The number of carbonyl (C=O) groups excluding carboxylic acids is 2. The Labute approximate surface area is 257 Å². The minimum Gasteiger partial charge on any atom is -0.357 e. The first-order chi connectivity index (χ1) is 21.1. The summed E-state index contributed by atoms with van der Waals surface area (Å²) in [4.78, 5) is 38.1. The molecule has 5 heterocycles. The standard InChI is InChI=1S/C33H34N6O4S/c1-44(42,43)39-28-6-7-29(39)17-26(16-28)22-38-31(18-30(40)27-4-2-25(21-34)3-5-27)37-33(32(38)41,19-23-8-12-35-13-9-23)20-24-10-14-36-15-11-24/h2-5,8-15,18,26,28-29,37H,6-7,16-17,19-20,22H2,1H3/b31-18+. The van der Waals surface area contributed by atoms with Crippen molar-refractivity contribution >= 4 is 21.7 Å². The Bertz CT molecular complexity index is 1670. The second kappa shape index (κ2) is 11.9. The summed E-state index contributed by atoms with van der Waals surface area (Å²) in [6.07, 6.45) is 13.2. The minimum atomic E-state index is -3.32. The Balaban J connectivity index is 1.36. The van der Waals surface area contributed by atoms with Gasteiger partial charge in [0.15, 0.2) is 5.78 Å². The number of sulfonamides is 1. The normalized spacial score (nSPS) is 23.8. The average Bonchev–Trinajstić information content (AvgIpc) is 3.44. The molecule has 1 N–H and O–H groups in total. The van der Waals surface area contributed by atoms with Gasteiger partial charge in [-0.15, -0.1) is 0 Å². The lowest BCUT2D eigenvalue weighted by Crippen LogP contribution is -2.51. The van der Waals surface area contributed by atoms with Crippen LogP contribution in [0.1, 0.15) is 52.7 Å². The van der Waals surface area contributed by atoms with Gasteiger partial charge in [-0.1, -0.05) is 0 Å². The number of nitriles is 1. The fraction of sp³-hybridized carbons (Fsp3) is 0.364. The SMILES string of the molecule is CS(=O)(=O)N1C2CCC1CC(CN1C(=O)C(Cc3ccncc3)(Cc3ccncc3)N/C1=C\C(=O)c1ccc(C#N)cc1)C2. The molecule has 2 atom stereocenters. The van der Waals surface area contributed by atoms with Crippen LogP contribution >= 0.6 is 0 Å². The third-order valence-electron chi connectivity index (χ3n) is 8.98. The average molecular weight is 611 g/mol. The van der Waals surface area contributed by atoms with Crippen LogP contribution in [0.5, 0.6) is 0 Å². The van der Waals surface area contributed by atoms with Gasteiger partial charge < -0.3 is 5.32 Å². The second-order valence-corrected chi connectivity index (χ2v) is 14.0. The Morgan fingerprint density at radius 2 is 1.52 bits per heavy atom. The maximum atomic E-state index is 14.7. The number of fused-ring (bicyclic) bond motifs is 2. The Morgan fingerprint density at radius 3 is 2.02 bits per heavy atom. The molecule has 44 heavy (non-hydrogen) atoms. The number of carbonyl (C=O) groups is 2. The molecule has 0 aliphatic carbocycles. The number of rotatable bonds is 9. The molecule has 226 valence electrons. The van der Waals surface area contributed by atoms with Gasteiger partial charge in [-0.25, -0.2) is 8.42 Å². The van der Waals surface area contributed by atoms with E-state index in [-0.39, 0.29) is 29.7 Å². The van der Waals surface area contributed by atoms with E-state index >= 15 is 0 Å². The highest BCUT2D eigenvalue weighted by atomic mass is 32.2. The van der Waals surface area contributed by atoms with E-state index in [0.717, 1.165) is 24.0 Å². The molecule has 0 spiro atoms. The van der Waals surface area contributed by atoms with Crippen molar-refractivity contribution in [1.29, 1.82) is 5.26 Å². The van der Waals surface area contributed by atoms with Crippen LogP contribution in [-0.2, 0) is 27.7 Å². The smallest absolute Gasteiger partial charge is 0.254 e. The molecule has 11 heteroatoms. The summed E-state index contributed by atoms with van der Waals surface area (Å²) >= 11 is 0. The number of ketones is 1. The lowest BCUT2D eigenvalue weighted by molar-refractivity contribution is -0.132. The van der Waals surface area contributed by atoms with Crippen molar-refractivity contribution in [3.63, 3.8) is 0 Å². The first kappa shape index (κ1) is 29.7. The van der Waals surface area contributed by atoms with Crippen molar-refractivity contribution in [2.75, 3.05) is 12.8 Å². The Hall–Kier alpha value is -4.40. The van der Waals surface area contributed by atoms with Gasteiger partial charge >= 0.3 is 0 Å². The molecule has 3 aromatic rings. The maximum absolute atomic E-state index is 14.7. The van der Waals surface area contributed by atoms with Crippen molar-refractivity contribution in [3.8, 4) is 6.07 Å². The number of hydrogen-bond donors (Lipinski definition) is 1. The van der Waals surface area contributed by atoms with Crippen molar-refractivity contribution < 1.29 is 18.0 Å². The maximum Gasteiger partial charge on any atom is 0.254 e. The van der Waals surface area contributed by atoms with Gasteiger partial charge in [0, 0.05) is 67.9 Å². The van der Waals surface area contributed by atoms with Crippen molar-refractivity contribution in [2.24, 2.45) is 5.92 Å². The Morgan fingerprint density at radius 1 is 0.977 bits per heavy atom. The van der Waals surface area contributed by atoms with Crippen LogP contribution in [0.4, 0.5) is 0 Å². The molecule has 3 fully saturated rings. The molecule has 6 rings (SSSR count). The molecule has 10 nitrogen and oxygen atoms in total. The highest BCUT2D eigenvalue weighted by Crippen LogP contribution is 2.42. The highest BCUT2D eigenvalue weighted by molar-refractivity contribution is 7.88. The van der Waals surface area contributed by atoms with Gasteiger partial charge in [-0.2, -0.15) is 9.57 Å². The molecular formula is C33H34N6O4S. The molecule has 3 aliphatic heterocycles. The van der Waals surface area contributed by atoms with E-state index in [1.54, 1.807) is 58.3 Å². The molecular weight excluding hydrogens is 576 g/mol. The third kappa shape index (κ3) is 6.00. The summed E-state index contributed by atoms with van der Waals surface area (Å²) in [6, 6.07) is 15.9. The monoisotopic (exact) mass is 610 g/mol. The number of allylic oxidation sites excluding steroid dienone is 1. The number of amides is 1. The van der Waals surface area contributed by atoms with Crippen LogP contribution in [0.15, 0.2) is 85.2 Å².